The molecule has 0 unspecified atom stereocenters. The van der Waals surface area contributed by atoms with Crippen molar-refractivity contribution in [2.75, 3.05) is 26.2 Å². The zero-order valence-electron chi connectivity index (χ0n) is 16.2. The van der Waals surface area contributed by atoms with Crippen LogP contribution in [0.25, 0.3) is 0 Å². The summed E-state index contributed by atoms with van der Waals surface area (Å²) in [6, 6.07) is 15.8. The minimum atomic E-state index is -0.750. The highest BCUT2D eigenvalue weighted by Gasteiger charge is 2.31. The van der Waals surface area contributed by atoms with Gasteiger partial charge in [0.2, 0.25) is 0 Å². The van der Waals surface area contributed by atoms with Crippen molar-refractivity contribution in [3.8, 4) is 11.5 Å². The van der Waals surface area contributed by atoms with Gasteiger partial charge in [-0.2, -0.15) is 8.42 Å². The number of piperidine rings is 1. The Labute approximate surface area is 175 Å². The Morgan fingerprint density at radius 3 is 2.11 bits per heavy atom. The second kappa shape index (κ2) is 11.2. The normalized spacial score (nSPS) is 15.8. The van der Waals surface area contributed by atoms with Gasteiger partial charge in [0.1, 0.15) is 23.7 Å². The summed E-state index contributed by atoms with van der Waals surface area (Å²) >= 11 is 5.18. The zero-order chi connectivity index (χ0) is 20.4. The number of hydrogen-bond acceptors (Lipinski definition) is 5. The maximum atomic E-state index is 8.29. The summed E-state index contributed by atoms with van der Waals surface area (Å²) in [5.41, 5.74) is 1.14. The Morgan fingerprint density at radius 1 is 1.00 bits per heavy atom. The summed E-state index contributed by atoms with van der Waals surface area (Å²) in [6.07, 6.45) is 2.03. The molecule has 0 atom stereocenters. The van der Waals surface area contributed by atoms with Crippen LogP contribution in [0.3, 0.4) is 0 Å². The van der Waals surface area contributed by atoms with Gasteiger partial charge in [-0.15, -0.1) is 0 Å². The molecule has 0 N–H and O–H groups in total. The first kappa shape index (κ1) is 22.4. The quantitative estimate of drug-likeness (QED) is 0.693. The van der Waals surface area contributed by atoms with Crippen molar-refractivity contribution in [2.45, 2.75) is 32.3 Å². The molecular formula is C21H26ClNO4S. The van der Waals surface area contributed by atoms with Crippen molar-refractivity contribution < 1.29 is 17.9 Å². The third-order valence-corrected chi connectivity index (χ3v) is 5.04. The van der Waals surface area contributed by atoms with Crippen LogP contribution in [0.1, 0.15) is 25.3 Å². The standard InChI is InChI=1S/C21H26ClNO2.O2S/c1-17-3-7-19(8-4-17)24-16-15-23-13-11-21(2,12-14-23)25-20-9-5-18(22)6-10-20;1-3-2/h3-10H,11-16H2,1-2H3;. The van der Waals surface area contributed by atoms with Gasteiger partial charge in [-0.3, -0.25) is 4.90 Å². The van der Waals surface area contributed by atoms with Crippen LogP contribution in [-0.4, -0.2) is 45.2 Å². The fourth-order valence-corrected chi connectivity index (χ4v) is 3.19. The summed E-state index contributed by atoms with van der Waals surface area (Å²) in [7, 11) is 0. The first-order valence-corrected chi connectivity index (χ1v) is 10.3. The summed E-state index contributed by atoms with van der Waals surface area (Å²) in [6.45, 7) is 8.01. The number of likely N-dealkylation sites (tertiary alicyclic amines) is 1. The predicted octanol–water partition coefficient (Wildman–Crippen LogP) is 4.29. The molecule has 0 aliphatic carbocycles. The summed E-state index contributed by atoms with van der Waals surface area (Å²) in [4.78, 5) is 2.45. The lowest BCUT2D eigenvalue weighted by molar-refractivity contribution is 0.0135. The summed E-state index contributed by atoms with van der Waals surface area (Å²) < 4.78 is 28.6. The number of halogens is 1. The van der Waals surface area contributed by atoms with Crippen molar-refractivity contribution in [1.29, 1.82) is 0 Å². The van der Waals surface area contributed by atoms with Crippen LogP contribution >= 0.6 is 11.6 Å². The van der Waals surface area contributed by atoms with E-state index in [1.54, 1.807) is 0 Å². The molecule has 152 valence electrons. The topological polar surface area (TPSA) is 55.8 Å². The Balaban J connectivity index is 0.000000878. The molecule has 3 rings (SSSR count). The highest BCUT2D eigenvalue weighted by Crippen LogP contribution is 2.29. The van der Waals surface area contributed by atoms with Gasteiger partial charge in [0.15, 0.2) is 0 Å². The van der Waals surface area contributed by atoms with E-state index in [0.29, 0.717) is 0 Å². The molecular weight excluding hydrogens is 398 g/mol. The maximum absolute atomic E-state index is 8.29. The minimum Gasteiger partial charge on any atom is -0.492 e. The van der Waals surface area contributed by atoms with Gasteiger partial charge in [-0.05, 0) is 63.1 Å². The predicted molar refractivity (Wildman–Crippen MR) is 112 cm³/mol. The number of aryl methyl sites for hydroxylation is 1. The fraction of sp³-hybridized carbons (Fsp3) is 0.429. The van der Waals surface area contributed by atoms with Gasteiger partial charge in [-0.25, -0.2) is 0 Å². The van der Waals surface area contributed by atoms with E-state index in [2.05, 4.69) is 30.9 Å². The molecule has 1 aliphatic rings. The molecule has 0 spiro atoms. The largest absolute Gasteiger partial charge is 0.492 e. The van der Waals surface area contributed by atoms with Crippen LogP contribution < -0.4 is 9.47 Å². The van der Waals surface area contributed by atoms with Crippen molar-refractivity contribution in [3.05, 3.63) is 59.1 Å². The molecule has 1 saturated heterocycles. The molecule has 1 fully saturated rings. The van der Waals surface area contributed by atoms with Crippen molar-refractivity contribution in [3.63, 3.8) is 0 Å². The second-order valence-electron chi connectivity index (χ2n) is 7.08. The number of hydrogen-bond donors (Lipinski definition) is 0. The molecule has 5 nitrogen and oxygen atoms in total. The lowest BCUT2D eigenvalue weighted by Crippen LogP contribution is -2.47. The second-order valence-corrected chi connectivity index (χ2v) is 7.65. The SMILES string of the molecule is Cc1ccc(OCCN2CCC(C)(Oc3ccc(Cl)cc3)CC2)cc1.O=S=O. The Hall–Kier alpha value is -1.89. The molecule has 2 aromatic rings. The first-order valence-electron chi connectivity index (χ1n) is 9.22. The summed E-state index contributed by atoms with van der Waals surface area (Å²) in [5, 5.41) is 0.737. The van der Waals surface area contributed by atoms with Gasteiger partial charge < -0.3 is 9.47 Å². The van der Waals surface area contributed by atoms with E-state index < -0.39 is 11.6 Å². The molecule has 1 aliphatic heterocycles. The molecule has 1 heterocycles. The minimum absolute atomic E-state index is 0.109. The third-order valence-electron chi connectivity index (χ3n) is 4.79. The molecule has 28 heavy (non-hydrogen) atoms. The van der Waals surface area contributed by atoms with E-state index in [0.717, 1.165) is 55.6 Å². The lowest BCUT2D eigenvalue weighted by Gasteiger charge is -2.39. The van der Waals surface area contributed by atoms with E-state index >= 15 is 0 Å². The average molecular weight is 424 g/mol. The monoisotopic (exact) mass is 423 g/mol. The van der Waals surface area contributed by atoms with Gasteiger partial charge in [0, 0.05) is 24.7 Å². The Bertz CT molecular complexity index is 753. The fourth-order valence-electron chi connectivity index (χ4n) is 3.07. The number of rotatable bonds is 6. The average Bonchev–Trinajstić information content (AvgIpc) is 2.68. The molecule has 2 aromatic carbocycles. The van der Waals surface area contributed by atoms with Gasteiger partial charge in [0.25, 0.3) is 0 Å². The van der Waals surface area contributed by atoms with Crippen LogP contribution in [0, 0.1) is 6.92 Å². The van der Waals surface area contributed by atoms with E-state index in [1.165, 1.54) is 5.56 Å². The maximum Gasteiger partial charge on any atom is 0.335 e. The highest BCUT2D eigenvalue weighted by molar-refractivity contribution is 7.51. The van der Waals surface area contributed by atoms with Gasteiger partial charge >= 0.3 is 11.6 Å². The third kappa shape index (κ3) is 7.62. The van der Waals surface area contributed by atoms with Crippen LogP contribution in [-0.2, 0) is 11.6 Å². The summed E-state index contributed by atoms with van der Waals surface area (Å²) in [5.74, 6) is 1.83. The number of nitrogens with zero attached hydrogens (tertiary/aromatic N) is 1. The number of ether oxygens (including phenoxy) is 2. The molecule has 0 bridgehead atoms. The van der Waals surface area contributed by atoms with Crippen LogP contribution in [0.15, 0.2) is 48.5 Å². The first-order chi connectivity index (χ1) is 13.4. The number of benzene rings is 2. The Kier molecular flexibility index (Phi) is 8.96. The van der Waals surface area contributed by atoms with Crippen molar-refractivity contribution in [1.82, 2.24) is 4.90 Å². The van der Waals surface area contributed by atoms with Crippen molar-refractivity contribution >= 4 is 23.2 Å². The Morgan fingerprint density at radius 2 is 1.54 bits per heavy atom. The van der Waals surface area contributed by atoms with Crippen LogP contribution in [0.5, 0.6) is 11.5 Å². The highest BCUT2D eigenvalue weighted by atomic mass is 35.5. The van der Waals surface area contributed by atoms with Crippen LogP contribution in [0.2, 0.25) is 5.02 Å². The van der Waals surface area contributed by atoms with Crippen molar-refractivity contribution in [2.24, 2.45) is 0 Å². The molecule has 0 aromatic heterocycles. The molecule has 0 amide bonds. The van der Waals surface area contributed by atoms with Crippen LogP contribution in [0.4, 0.5) is 0 Å². The van der Waals surface area contributed by atoms with E-state index in [9.17, 15) is 0 Å². The van der Waals surface area contributed by atoms with Gasteiger partial charge in [0.05, 0.1) is 0 Å². The van der Waals surface area contributed by atoms with E-state index in [1.807, 2.05) is 36.4 Å². The lowest BCUT2D eigenvalue weighted by atomic mass is 9.93. The zero-order valence-corrected chi connectivity index (χ0v) is 17.8. The van der Waals surface area contributed by atoms with E-state index in [4.69, 9.17) is 29.5 Å². The van der Waals surface area contributed by atoms with E-state index in [-0.39, 0.29) is 5.60 Å². The molecule has 7 heteroatoms. The van der Waals surface area contributed by atoms with Gasteiger partial charge in [-0.1, -0.05) is 29.3 Å². The molecule has 0 radical (unpaired) electrons. The smallest absolute Gasteiger partial charge is 0.335 e. The molecule has 0 saturated carbocycles.